The van der Waals surface area contributed by atoms with Gasteiger partial charge in [0.05, 0.1) is 5.60 Å². The van der Waals surface area contributed by atoms with Crippen molar-refractivity contribution in [1.29, 1.82) is 0 Å². The lowest BCUT2D eigenvalue weighted by Gasteiger charge is -2.47. The molecular formula is C16H25NO. The summed E-state index contributed by atoms with van der Waals surface area (Å²) in [6.45, 7) is 8.74. The van der Waals surface area contributed by atoms with E-state index in [1.807, 2.05) is 18.2 Å². The predicted molar refractivity (Wildman–Crippen MR) is 75.4 cm³/mol. The van der Waals surface area contributed by atoms with Crippen LogP contribution in [0.15, 0.2) is 30.3 Å². The monoisotopic (exact) mass is 247 g/mol. The maximum Gasteiger partial charge on any atom is 0.0948 e. The quantitative estimate of drug-likeness (QED) is 0.887. The Morgan fingerprint density at radius 1 is 1.28 bits per heavy atom. The van der Waals surface area contributed by atoms with Crippen molar-refractivity contribution < 1.29 is 5.11 Å². The van der Waals surface area contributed by atoms with Crippen LogP contribution in [-0.4, -0.2) is 29.1 Å². The standard InChI is InChI=1S/C16H25NO/c1-4-10-17-12-13(2)16(18,11-14(17)3)15-8-6-5-7-9-15/h5-9,13-14,18H,4,10-12H2,1-3H3/t13-,14+,16+/m0/s1. The first-order valence-corrected chi connectivity index (χ1v) is 7.10. The Bertz CT molecular complexity index is 378. The molecule has 1 fully saturated rings. The molecule has 0 bridgehead atoms. The predicted octanol–water partition coefficient (Wildman–Crippen LogP) is 3.01. The summed E-state index contributed by atoms with van der Waals surface area (Å²) >= 11 is 0. The zero-order chi connectivity index (χ0) is 13.2. The highest BCUT2D eigenvalue weighted by Gasteiger charge is 2.42. The van der Waals surface area contributed by atoms with Crippen LogP contribution in [0.4, 0.5) is 0 Å². The van der Waals surface area contributed by atoms with E-state index >= 15 is 0 Å². The molecule has 1 aliphatic heterocycles. The number of nitrogens with zero attached hydrogens (tertiary/aromatic N) is 1. The van der Waals surface area contributed by atoms with Gasteiger partial charge in [-0.1, -0.05) is 44.2 Å². The Kier molecular flexibility index (Phi) is 4.08. The van der Waals surface area contributed by atoms with E-state index in [4.69, 9.17) is 0 Å². The average molecular weight is 247 g/mol. The normalized spacial score (nSPS) is 33.6. The summed E-state index contributed by atoms with van der Waals surface area (Å²) in [5, 5.41) is 11.0. The summed E-state index contributed by atoms with van der Waals surface area (Å²) in [5.41, 5.74) is 0.408. The van der Waals surface area contributed by atoms with Gasteiger partial charge in [-0.2, -0.15) is 0 Å². The van der Waals surface area contributed by atoms with Crippen LogP contribution < -0.4 is 0 Å². The third-order valence-electron chi connectivity index (χ3n) is 4.34. The molecule has 1 aromatic rings. The van der Waals surface area contributed by atoms with Crippen molar-refractivity contribution in [3.8, 4) is 0 Å². The smallest absolute Gasteiger partial charge is 0.0948 e. The molecule has 0 amide bonds. The molecule has 0 spiro atoms. The summed E-state index contributed by atoms with van der Waals surface area (Å²) in [7, 11) is 0. The molecule has 2 heteroatoms. The van der Waals surface area contributed by atoms with Crippen molar-refractivity contribution in [2.24, 2.45) is 5.92 Å². The van der Waals surface area contributed by atoms with Crippen molar-refractivity contribution in [3.63, 3.8) is 0 Å². The highest BCUT2D eigenvalue weighted by Crippen LogP contribution is 2.39. The van der Waals surface area contributed by atoms with Crippen LogP contribution in [0, 0.1) is 5.92 Å². The molecule has 1 saturated heterocycles. The number of rotatable bonds is 3. The molecule has 3 atom stereocenters. The Labute approximate surface area is 111 Å². The number of hydrogen-bond acceptors (Lipinski definition) is 2. The fourth-order valence-corrected chi connectivity index (χ4v) is 3.19. The van der Waals surface area contributed by atoms with Crippen LogP contribution in [-0.2, 0) is 5.60 Å². The van der Waals surface area contributed by atoms with Gasteiger partial charge in [0.2, 0.25) is 0 Å². The highest BCUT2D eigenvalue weighted by molar-refractivity contribution is 5.24. The van der Waals surface area contributed by atoms with Crippen LogP contribution in [0.3, 0.4) is 0 Å². The highest BCUT2D eigenvalue weighted by atomic mass is 16.3. The lowest BCUT2D eigenvalue weighted by atomic mass is 9.74. The zero-order valence-electron chi connectivity index (χ0n) is 11.8. The Balaban J connectivity index is 2.20. The lowest BCUT2D eigenvalue weighted by Crippen LogP contribution is -2.53. The summed E-state index contributed by atoms with van der Waals surface area (Å²) in [4.78, 5) is 2.50. The zero-order valence-corrected chi connectivity index (χ0v) is 11.8. The van der Waals surface area contributed by atoms with E-state index in [1.165, 1.54) is 6.42 Å². The minimum absolute atomic E-state index is 0.280. The second kappa shape index (κ2) is 5.41. The van der Waals surface area contributed by atoms with Gasteiger partial charge in [0, 0.05) is 18.5 Å². The molecule has 1 aromatic carbocycles. The van der Waals surface area contributed by atoms with Crippen LogP contribution in [0.5, 0.6) is 0 Å². The molecule has 1 N–H and O–H groups in total. The van der Waals surface area contributed by atoms with Gasteiger partial charge in [-0.25, -0.2) is 0 Å². The topological polar surface area (TPSA) is 23.5 Å². The maximum absolute atomic E-state index is 11.0. The fourth-order valence-electron chi connectivity index (χ4n) is 3.19. The van der Waals surface area contributed by atoms with Gasteiger partial charge in [-0.15, -0.1) is 0 Å². The Hall–Kier alpha value is -0.860. The van der Waals surface area contributed by atoms with Crippen LogP contribution in [0.2, 0.25) is 0 Å². The molecule has 0 aromatic heterocycles. The first-order valence-electron chi connectivity index (χ1n) is 7.10. The van der Waals surface area contributed by atoms with E-state index in [0.29, 0.717) is 6.04 Å². The summed E-state index contributed by atoms with van der Waals surface area (Å²) < 4.78 is 0. The second-order valence-electron chi connectivity index (χ2n) is 5.74. The molecule has 2 rings (SSSR count). The molecule has 2 nitrogen and oxygen atoms in total. The molecular weight excluding hydrogens is 222 g/mol. The third-order valence-corrected chi connectivity index (χ3v) is 4.34. The summed E-state index contributed by atoms with van der Waals surface area (Å²) in [6, 6.07) is 10.6. The van der Waals surface area contributed by atoms with Gasteiger partial charge in [0.1, 0.15) is 0 Å². The SMILES string of the molecule is CCCN1C[C@H](C)[C@@](O)(c2ccccc2)C[C@H]1C. The molecule has 18 heavy (non-hydrogen) atoms. The molecule has 0 aliphatic carbocycles. The van der Waals surface area contributed by atoms with Crippen molar-refractivity contribution in [2.45, 2.75) is 45.3 Å². The van der Waals surface area contributed by atoms with Gasteiger partial charge < -0.3 is 10.0 Å². The molecule has 0 radical (unpaired) electrons. The summed E-state index contributed by atoms with van der Waals surface area (Å²) in [5.74, 6) is 0.280. The number of aliphatic hydroxyl groups is 1. The number of benzene rings is 1. The maximum atomic E-state index is 11.0. The minimum Gasteiger partial charge on any atom is -0.385 e. The van der Waals surface area contributed by atoms with Crippen LogP contribution in [0.25, 0.3) is 0 Å². The molecule has 0 unspecified atom stereocenters. The lowest BCUT2D eigenvalue weighted by molar-refractivity contribution is -0.0904. The molecule has 1 aliphatic rings. The van der Waals surface area contributed by atoms with E-state index in [9.17, 15) is 5.11 Å². The Morgan fingerprint density at radius 3 is 2.56 bits per heavy atom. The average Bonchev–Trinajstić information content (AvgIpc) is 2.37. The largest absolute Gasteiger partial charge is 0.385 e. The number of piperidine rings is 1. The molecule has 100 valence electrons. The Morgan fingerprint density at radius 2 is 1.94 bits per heavy atom. The second-order valence-corrected chi connectivity index (χ2v) is 5.74. The number of hydrogen-bond donors (Lipinski definition) is 1. The van der Waals surface area contributed by atoms with Gasteiger partial charge in [-0.3, -0.25) is 0 Å². The van der Waals surface area contributed by atoms with Crippen molar-refractivity contribution in [1.82, 2.24) is 4.90 Å². The van der Waals surface area contributed by atoms with Crippen molar-refractivity contribution in [3.05, 3.63) is 35.9 Å². The first-order chi connectivity index (χ1) is 8.58. The van der Waals surface area contributed by atoms with Crippen LogP contribution >= 0.6 is 0 Å². The number of likely N-dealkylation sites (tertiary alicyclic amines) is 1. The van der Waals surface area contributed by atoms with Gasteiger partial charge in [-0.05, 0) is 31.9 Å². The van der Waals surface area contributed by atoms with E-state index in [-0.39, 0.29) is 5.92 Å². The van der Waals surface area contributed by atoms with E-state index in [1.54, 1.807) is 0 Å². The van der Waals surface area contributed by atoms with Gasteiger partial charge in [0.15, 0.2) is 0 Å². The molecule has 1 heterocycles. The van der Waals surface area contributed by atoms with E-state index in [0.717, 1.165) is 25.1 Å². The van der Waals surface area contributed by atoms with Gasteiger partial charge in [0.25, 0.3) is 0 Å². The minimum atomic E-state index is -0.662. The van der Waals surface area contributed by atoms with E-state index < -0.39 is 5.60 Å². The van der Waals surface area contributed by atoms with Crippen molar-refractivity contribution in [2.75, 3.05) is 13.1 Å². The first kappa shape index (κ1) is 13.6. The van der Waals surface area contributed by atoms with Gasteiger partial charge >= 0.3 is 0 Å². The summed E-state index contributed by atoms with van der Waals surface area (Å²) in [6.07, 6.45) is 2.01. The third kappa shape index (κ3) is 2.45. The van der Waals surface area contributed by atoms with E-state index in [2.05, 4.69) is 37.8 Å². The molecule has 0 saturated carbocycles. The van der Waals surface area contributed by atoms with Crippen molar-refractivity contribution >= 4 is 0 Å². The van der Waals surface area contributed by atoms with Crippen LogP contribution in [0.1, 0.15) is 39.2 Å². The fraction of sp³-hybridized carbons (Fsp3) is 0.625.